The number of ether oxygens (including phenoxy) is 1. The number of aromatic nitrogens is 1. The van der Waals surface area contributed by atoms with Crippen LogP contribution >= 0.6 is 0 Å². The van der Waals surface area contributed by atoms with Crippen LogP contribution in [-0.4, -0.2) is 42.8 Å². The van der Waals surface area contributed by atoms with Crippen LogP contribution in [-0.2, 0) is 11.2 Å². The third-order valence-corrected chi connectivity index (χ3v) is 4.22. The van der Waals surface area contributed by atoms with Crippen molar-refractivity contribution in [3.8, 4) is 11.8 Å². The van der Waals surface area contributed by atoms with Crippen LogP contribution in [0, 0.1) is 24.1 Å². The summed E-state index contributed by atoms with van der Waals surface area (Å²) in [7, 11) is 0.856. The monoisotopic (exact) mass is 458 g/mol. The van der Waals surface area contributed by atoms with Gasteiger partial charge in [0, 0.05) is 48.6 Å². The highest BCUT2D eigenvalue weighted by molar-refractivity contribution is 5.98. The molecule has 0 radical (unpaired) electrons. The molecule has 0 bridgehead atoms. The van der Waals surface area contributed by atoms with Gasteiger partial charge in [-0.3, -0.25) is 9.78 Å². The van der Waals surface area contributed by atoms with E-state index >= 15 is 0 Å². The van der Waals surface area contributed by atoms with E-state index in [2.05, 4.69) is 10.3 Å². The number of pyridine rings is 1. The average molecular weight is 459 g/mol. The summed E-state index contributed by atoms with van der Waals surface area (Å²) < 4.78 is 117. The molecule has 0 aliphatic heterocycles. The third kappa shape index (κ3) is 5.93. The van der Waals surface area contributed by atoms with Gasteiger partial charge in [0.05, 0.1) is 33.0 Å². The van der Waals surface area contributed by atoms with E-state index in [1.807, 2.05) is 6.07 Å². The lowest BCUT2D eigenvalue weighted by Crippen LogP contribution is -2.11. The summed E-state index contributed by atoms with van der Waals surface area (Å²) >= 11 is 0. The number of hydrogen-bond donors (Lipinski definition) is 1. The number of ketones is 1. The molecule has 0 spiro atoms. The summed E-state index contributed by atoms with van der Waals surface area (Å²) in [6, 6.07) is -3.68. The number of anilines is 2. The first-order valence-electron chi connectivity index (χ1n) is 15.7. The second-order valence-electron chi connectivity index (χ2n) is 6.71. The van der Waals surface area contributed by atoms with Crippen LogP contribution in [0.15, 0.2) is 48.5 Å². The molecule has 2 aromatic carbocycles. The van der Waals surface area contributed by atoms with Crippen LogP contribution in [0.3, 0.4) is 0 Å². The number of rotatable bonds is 9. The van der Waals surface area contributed by atoms with E-state index in [0.717, 1.165) is 13.2 Å². The van der Waals surface area contributed by atoms with Crippen molar-refractivity contribution in [1.29, 1.82) is 5.26 Å². The first-order chi connectivity index (χ1) is 20.7. The predicted molar refractivity (Wildman–Crippen MR) is 128 cm³/mol. The number of allylic oxidation sites excluding steroid dienone is 1. The molecule has 3 aromatic rings. The molecule has 3 rings (SSSR count). The zero-order chi connectivity index (χ0) is 34.3. The Labute approximate surface area is 210 Å². The Bertz CT molecular complexity index is 1760. The van der Waals surface area contributed by atoms with Crippen molar-refractivity contribution in [3.05, 3.63) is 71.0 Å². The van der Waals surface area contributed by atoms with Crippen molar-refractivity contribution in [3.63, 3.8) is 0 Å². The molecule has 0 unspecified atom stereocenters. The Kier molecular flexibility index (Phi) is 4.05. The normalized spacial score (nSPS) is 17.8. The topological polar surface area (TPSA) is 78.2 Å². The maximum Gasteiger partial charge on any atom is 0.159 e. The number of benzene rings is 2. The minimum Gasteiger partial charge on any atom is -0.494 e. The first-order valence-corrected chi connectivity index (χ1v) is 9.69. The van der Waals surface area contributed by atoms with E-state index in [0.29, 0.717) is 0 Å². The Morgan fingerprint density at radius 3 is 3.03 bits per heavy atom. The molecule has 170 valence electrons. The van der Waals surface area contributed by atoms with Gasteiger partial charge in [-0.05, 0) is 63.7 Å². The van der Waals surface area contributed by atoms with Crippen LogP contribution in [0.4, 0.5) is 15.8 Å². The summed E-state index contributed by atoms with van der Waals surface area (Å²) in [6.45, 7) is -3.36. The lowest BCUT2D eigenvalue weighted by molar-refractivity contribution is -0.114. The highest BCUT2D eigenvalue weighted by Gasteiger charge is 2.16. The van der Waals surface area contributed by atoms with E-state index < -0.39 is 73.8 Å². The standard InChI is InChI=1S/C26H27FN4O2/c1-5-33-25-14-24-22(13-18(25)12-21(32)7-6-10-31(3)4)26(19(15-28)16-29-24)30-20-8-9-23(27)17(2)11-20/h6-9,11,13-14,16H,5,10,12H2,1-4H3,(H,29,30)/b7-6+/i3D3,6D,7D,8D,9D,10D2,11D,13D,14D. The second-order valence-corrected chi connectivity index (χ2v) is 6.71. The molecule has 0 aliphatic carbocycles. The third-order valence-electron chi connectivity index (χ3n) is 4.22. The molecule has 6 nitrogen and oxygen atoms in total. The Balaban J connectivity index is 2.33. The Morgan fingerprint density at radius 2 is 2.30 bits per heavy atom. The molecule has 0 fully saturated rings. The summed E-state index contributed by atoms with van der Waals surface area (Å²) in [5, 5.41) is 12.2. The molecule has 0 atom stereocenters. The number of nitrogens with zero attached hydrogens (tertiary/aromatic N) is 3. The quantitative estimate of drug-likeness (QED) is 0.458. The maximum absolute atomic E-state index is 14.4. The summed E-state index contributed by atoms with van der Waals surface area (Å²) in [6.07, 6.45) is 0.162. The second kappa shape index (κ2) is 10.7. The number of halogens is 1. The van der Waals surface area contributed by atoms with Crippen molar-refractivity contribution in [2.24, 2.45) is 0 Å². The number of nitrogens with one attached hydrogen (secondary N) is 1. The molecule has 0 saturated carbocycles. The van der Waals surface area contributed by atoms with Crippen molar-refractivity contribution in [1.82, 2.24) is 9.88 Å². The van der Waals surface area contributed by atoms with E-state index in [1.54, 1.807) is 6.92 Å². The number of carbonyl (C=O) groups excluding carboxylic acids is 1. The first kappa shape index (κ1) is 12.5. The highest BCUT2D eigenvalue weighted by Crippen LogP contribution is 2.34. The van der Waals surface area contributed by atoms with E-state index in [9.17, 15) is 14.4 Å². The van der Waals surface area contributed by atoms with Gasteiger partial charge < -0.3 is 15.0 Å². The number of likely N-dealkylation sites (N-methyl/N-ethyl adjacent to an activating group) is 1. The van der Waals surface area contributed by atoms with Crippen LogP contribution in [0.5, 0.6) is 5.75 Å². The SMILES string of the molecule is [2H]/C(C(=O)Cc1c(OCC)c([2H])c2ncc(C#N)c(Nc3c([2H])c([2H])c(F)c(C)c3[2H])c2c1[2H])=C(/[2H])C([2H])([2H])N(C)C([2H])([2H])[2H]. The molecule has 1 aromatic heterocycles. The van der Waals surface area contributed by atoms with Gasteiger partial charge >= 0.3 is 0 Å². The molecule has 7 heteroatoms. The lowest BCUT2D eigenvalue weighted by Gasteiger charge is -2.15. The zero-order valence-corrected chi connectivity index (χ0v) is 18.0. The predicted octanol–water partition coefficient (Wildman–Crippen LogP) is 4.93. The van der Waals surface area contributed by atoms with Crippen molar-refractivity contribution < 1.29 is 30.4 Å². The molecule has 0 aliphatic rings. The fourth-order valence-electron chi connectivity index (χ4n) is 2.78. The lowest BCUT2D eigenvalue weighted by atomic mass is 10.0. The summed E-state index contributed by atoms with van der Waals surface area (Å²) in [5.41, 5.74) is -1.64. The molecule has 0 amide bonds. The average Bonchev–Trinajstić information content (AvgIpc) is 2.99. The van der Waals surface area contributed by atoms with Gasteiger partial charge in [0.1, 0.15) is 17.6 Å². The Morgan fingerprint density at radius 1 is 1.48 bits per heavy atom. The summed E-state index contributed by atoms with van der Waals surface area (Å²) in [4.78, 5) is 17.5. The van der Waals surface area contributed by atoms with Crippen LogP contribution < -0.4 is 10.1 Å². The summed E-state index contributed by atoms with van der Waals surface area (Å²) in [5.74, 6) is -2.61. The van der Waals surface area contributed by atoms with Crippen LogP contribution in [0.25, 0.3) is 10.9 Å². The molecule has 1 heterocycles. The van der Waals surface area contributed by atoms with E-state index in [-0.39, 0.29) is 56.2 Å². The van der Waals surface area contributed by atoms with Gasteiger partial charge in [0.25, 0.3) is 0 Å². The largest absolute Gasteiger partial charge is 0.494 e. The maximum atomic E-state index is 14.4. The van der Waals surface area contributed by atoms with Gasteiger partial charge in [-0.15, -0.1) is 0 Å². The van der Waals surface area contributed by atoms with E-state index in [4.69, 9.17) is 21.2 Å². The zero-order valence-electron chi connectivity index (χ0n) is 30.0. The fraction of sp³-hybridized carbons (Fsp3) is 0.269. The molecule has 33 heavy (non-hydrogen) atoms. The highest BCUT2D eigenvalue weighted by atomic mass is 19.1. The van der Waals surface area contributed by atoms with Gasteiger partial charge in [-0.1, -0.05) is 6.05 Å². The number of hydrogen-bond acceptors (Lipinski definition) is 6. The molecular weight excluding hydrogens is 419 g/mol. The fourth-order valence-corrected chi connectivity index (χ4v) is 2.78. The van der Waals surface area contributed by atoms with Gasteiger partial charge in [0.2, 0.25) is 0 Å². The van der Waals surface area contributed by atoms with Crippen molar-refractivity contribution in [2.45, 2.75) is 20.3 Å². The number of carbonyl (C=O) groups is 1. The molecular formula is C26H27FN4O2. The minimum absolute atomic E-state index is 0.0515. The molecule has 0 saturated heterocycles. The van der Waals surface area contributed by atoms with Crippen molar-refractivity contribution in [2.75, 3.05) is 32.4 Å². The van der Waals surface area contributed by atoms with Gasteiger partial charge in [-0.25, -0.2) is 4.39 Å². The van der Waals surface area contributed by atoms with Crippen LogP contribution in [0.1, 0.15) is 40.1 Å². The smallest absolute Gasteiger partial charge is 0.159 e. The molecule has 1 N–H and O–H groups in total. The van der Waals surface area contributed by atoms with Crippen molar-refractivity contribution >= 4 is 28.1 Å². The number of fused-ring (bicyclic) bond motifs is 1. The van der Waals surface area contributed by atoms with E-state index in [1.165, 1.54) is 6.92 Å². The Hall–Kier alpha value is -3.76. The minimum atomic E-state index is -3.07. The van der Waals surface area contributed by atoms with Gasteiger partial charge in [-0.2, -0.15) is 5.26 Å². The van der Waals surface area contributed by atoms with Gasteiger partial charge in [0.15, 0.2) is 5.78 Å². The number of nitriles is 1. The van der Waals surface area contributed by atoms with Crippen LogP contribution in [0.2, 0.25) is 0 Å².